The summed E-state index contributed by atoms with van der Waals surface area (Å²) in [5.74, 6) is 8.49. The Bertz CT molecular complexity index is 445. The van der Waals surface area contributed by atoms with Gasteiger partial charge in [-0.3, -0.25) is 11.3 Å². The van der Waals surface area contributed by atoms with Gasteiger partial charge in [-0.15, -0.1) is 0 Å². The predicted octanol–water partition coefficient (Wildman–Crippen LogP) is 3.92. The SMILES string of the molecule is CC(C)(C)c1ccc(C(NN)C2C3CCCCC32)cc1. The van der Waals surface area contributed by atoms with Crippen LogP contribution in [0.15, 0.2) is 24.3 Å². The third-order valence-electron chi connectivity index (χ3n) is 5.42. The number of nitrogens with two attached hydrogens (primary N) is 1. The molecule has 0 aliphatic heterocycles. The van der Waals surface area contributed by atoms with Crippen molar-refractivity contribution in [3.05, 3.63) is 35.4 Å². The Balaban J connectivity index is 1.77. The molecule has 2 aliphatic rings. The third-order valence-corrected chi connectivity index (χ3v) is 5.42. The van der Waals surface area contributed by atoms with Gasteiger partial charge in [0.15, 0.2) is 0 Å². The number of benzene rings is 1. The van der Waals surface area contributed by atoms with E-state index in [1.807, 2.05) is 0 Å². The number of nitrogens with one attached hydrogen (secondary N) is 1. The first kappa shape index (κ1) is 14.1. The summed E-state index contributed by atoms with van der Waals surface area (Å²) in [5.41, 5.74) is 6.07. The molecule has 1 aromatic carbocycles. The van der Waals surface area contributed by atoms with Gasteiger partial charge in [0, 0.05) is 6.04 Å². The van der Waals surface area contributed by atoms with Gasteiger partial charge < -0.3 is 0 Å². The van der Waals surface area contributed by atoms with Crippen molar-refractivity contribution in [2.45, 2.75) is 57.9 Å². The maximum Gasteiger partial charge on any atom is 0.0493 e. The Morgan fingerprint density at radius 2 is 1.60 bits per heavy atom. The van der Waals surface area contributed by atoms with E-state index in [1.54, 1.807) is 0 Å². The van der Waals surface area contributed by atoms with Gasteiger partial charge in [-0.05, 0) is 47.1 Å². The number of hydrazine groups is 1. The van der Waals surface area contributed by atoms with Gasteiger partial charge in [-0.1, -0.05) is 57.9 Å². The number of rotatable bonds is 3. The molecule has 3 N–H and O–H groups in total. The molecule has 3 rings (SSSR count). The summed E-state index contributed by atoms with van der Waals surface area (Å²) in [5, 5.41) is 0. The second-order valence-electron chi connectivity index (χ2n) is 7.71. The van der Waals surface area contributed by atoms with Crippen LogP contribution in [0, 0.1) is 17.8 Å². The molecule has 2 saturated carbocycles. The summed E-state index contributed by atoms with van der Waals surface area (Å²) >= 11 is 0. The highest BCUT2D eigenvalue weighted by Gasteiger charge is 2.54. The molecule has 0 amide bonds. The van der Waals surface area contributed by atoms with Crippen molar-refractivity contribution < 1.29 is 0 Å². The molecule has 0 heterocycles. The van der Waals surface area contributed by atoms with Crippen LogP contribution in [0.25, 0.3) is 0 Å². The van der Waals surface area contributed by atoms with Gasteiger partial charge in [0.05, 0.1) is 0 Å². The minimum atomic E-state index is 0.220. The zero-order chi connectivity index (χ0) is 14.3. The molecule has 3 unspecified atom stereocenters. The molecule has 1 aromatic rings. The van der Waals surface area contributed by atoms with E-state index in [1.165, 1.54) is 36.8 Å². The van der Waals surface area contributed by atoms with Crippen LogP contribution in [-0.4, -0.2) is 0 Å². The summed E-state index contributed by atoms with van der Waals surface area (Å²) in [6, 6.07) is 9.43. The van der Waals surface area contributed by atoms with E-state index in [9.17, 15) is 0 Å². The molecule has 0 spiro atoms. The largest absolute Gasteiger partial charge is 0.271 e. The summed E-state index contributed by atoms with van der Waals surface area (Å²) in [6.07, 6.45) is 5.65. The van der Waals surface area contributed by atoms with E-state index in [2.05, 4.69) is 50.5 Å². The number of hydrogen-bond donors (Lipinski definition) is 2. The summed E-state index contributed by atoms with van der Waals surface area (Å²) in [7, 11) is 0. The maximum absolute atomic E-state index is 5.87. The molecule has 2 aliphatic carbocycles. The molecule has 0 radical (unpaired) electrons. The minimum Gasteiger partial charge on any atom is -0.271 e. The highest BCUT2D eigenvalue weighted by atomic mass is 15.2. The Labute approximate surface area is 123 Å². The molecule has 20 heavy (non-hydrogen) atoms. The molecule has 0 saturated heterocycles. The van der Waals surface area contributed by atoms with Gasteiger partial charge in [0.25, 0.3) is 0 Å². The molecular weight excluding hydrogens is 244 g/mol. The first-order valence-corrected chi connectivity index (χ1v) is 8.09. The van der Waals surface area contributed by atoms with E-state index < -0.39 is 0 Å². The van der Waals surface area contributed by atoms with Crippen LogP contribution >= 0.6 is 0 Å². The van der Waals surface area contributed by atoms with Crippen molar-refractivity contribution in [3.63, 3.8) is 0 Å². The van der Waals surface area contributed by atoms with Gasteiger partial charge in [-0.2, -0.15) is 0 Å². The van der Waals surface area contributed by atoms with Crippen LogP contribution in [0.2, 0.25) is 0 Å². The van der Waals surface area contributed by atoms with Crippen LogP contribution in [0.1, 0.15) is 63.6 Å². The highest BCUT2D eigenvalue weighted by molar-refractivity contribution is 5.30. The van der Waals surface area contributed by atoms with E-state index in [0.717, 1.165) is 17.8 Å². The highest BCUT2D eigenvalue weighted by Crippen LogP contribution is 2.60. The third kappa shape index (κ3) is 2.51. The Hall–Kier alpha value is -0.860. The molecular formula is C18H28N2. The molecule has 0 aromatic heterocycles. The molecule has 2 fully saturated rings. The van der Waals surface area contributed by atoms with Crippen LogP contribution < -0.4 is 11.3 Å². The Morgan fingerprint density at radius 1 is 1.05 bits per heavy atom. The zero-order valence-electron chi connectivity index (χ0n) is 13.0. The fourth-order valence-electron chi connectivity index (χ4n) is 4.16. The Morgan fingerprint density at radius 3 is 2.05 bits per heavy atom. The van der Waals surface area contributed by atoms with Crippen molar-refractivity contribution in [2.75, 3.05) is 0 Å². The minimum absolute atomic E-state index is 0.220. The smallest absolute Gasteiger partial charge is 0.0493 e. The first-order valence-electron chi connectivity index (χ1n) is 8.09. The van der Waals surface area contributed by atoms with E-state index in [0.29, 0.717) is 6.04 Å². The van der Waals surface area contributed by atoms with Crippen molar-refractivity contribution >= 4 is 0 Å². The lowest BCUT2D eigenvalue weighted by molar-refractivity contribution is 0.456. The lowest BCUT2D eigenvalue weighted by atomic mass is 9.86. The molecule has 2 nitrogen and oxygen atoms in total. The van der Waals surface area contributed by atoms with Crippen molar-refractivity contribution in [1.82, 2.24) is 5.43 Å². The van der Waals surface area contributed by atoms with Crippen molar-refractivity contribution in [3.8, 4) is 0 Å². The normalized spacial score (nSPS) is 30.7. The lowest BCUT2D eigenvalue weighted by Crippen LogP contribution is -2.30. The van der Waals surface area contributed by atoms with Crippen LogP contribution in [0.3, 0.4) is 0 Å². The summed E-state index contributed by atoms with van der Waals surface area (Å²) < 4.78 is 0. The zero-order valence-corrected chi connectivity index (χ0v) is 13.0. The predicted molar refractivity (Wildman–Crippen MR) is 84.1 cm³/mol. The Kier molecular flexibility index (Phi) is 3.64. The lowest BCUT2D eigenvalue weighted by Gasteiger charge is -2.21. The van der Waals surface area contributed by atoms with E-state index >= 15 is 0 Å². The standard InChI is InChI=1S/C18H28N2/c1-18(2,3)13-10-8-12(9-11-13)17(20-19)16-14-6-4-5-7-15(14)16/h8-11,14-17,20H,4-7,19H2,1-3H3. The second-order valence-corrected chi connectivity index (χ2v) is 7.71. The van der Waals surface area contributed by atoms with Crippen LogP contribution in [0.5, 0.6) is 0 Å². The molecule has 110 valence electrons. The monoisotopic (exact) mass is 272 g/mol. The van der Waals surface area contributed by atoms with Gasteiger partial charge >= 0.3 is 0 Å². The number of fused-ring (bicyclic) bond motifs is 1. The molecule has 0 bridgehead atoms. The quantitative estimate of drug-likeness (QED) is 0.646. The van der Waals surface area contributed by atoms with Crippen molar-refractivity contribution in [2.24, 2.45) is 23.6 Å². The fourth-order valence-corrected chi connectivity index (χ4v) is 4.16. The second kappa shape index (κ2) is 5.16. The van der Waals surface area contributed by atoms with Crippen LogP contribution in [0.4, 0.5) is 0 Å². The van der Waals surface area contributed by atoms with E-state index in [-0.39, 0.29) is 5.41 Å². The first-order chi connectivity index (χ1) is 9.52. The summed E-state index contributed by atoms with van der Waals surface area (Å²) in [6.45, 7) is 6.78. The van der Waals surface area contributed by atoms with Gasteiger partial charge in [-0.25, -0.2) is 0 Å². The van der Waals surface area contributed by atoms with Crippen LogP contribution in [-0.2, 0) is 5.41 Å². The van der Waals surface area contributed by atoms with E-state index in [4.69, 9.17) is 5.84 Å². The molecule has 3 atom stereocenters. The fraction of sp³-hybridized carbons (Fsp3) is 0.667. The summed E-state index contributed by atoms with van der Waals surface area (Å²) in [4.78, 5) is 0. The maximum atomic E-state index is 5.87. The topological polar surface area (TPSA) is 38.0 Å². The average Bonchev–Trinajstić information content (AvgIpc) is 3.14. The van der Waals surface area contributed by atoms with Gasteiger partial charge in [0.1, 0.15) is 0 Å². The van der Waals surface area contributed by atoms with Gasteiger partial charge in [0.2, 0.25) is 0 Å². The molecule has 2 heteroatoms. The van der Waals surface area contributed by atoms with Crippen molar-refractivity contribution in [1.29, 1.82) is 0 Å². The average molecular weight is 272 g/mol. The number of hydrogen-bond acceptors (Lipinski definition) is 2.